The topological polar surface area (TPSA) is 90.3 Å². The number of rotatable bonds is 1. The molecule has 6 nitrogen and oxygen atoms in total. The Kier molecular flexibility index (Phi) is 2.38. The van der Waals surface area contributed by atoms with Gasteiger partial charge >= 0.3 is 6.03 Å². The van der Waals surface area contributed by atoms with Crippen molar-refractivity contribution in [1.29, 1.82) is 5.26 Å². The molecule has 100 valence electrons. The van der Waals surface area contributed by atoms with E-state index in [1.807, 2.05) is 0 Å². The number of nitrogens with one attached hydrogen (secondary N) is 1. The second-order valence-electron chi connectivity index (χ2n) is 4.76. The lowest BCUT2D eigenvalue weighted by molar-refractivity contribution is -0.136. The highest BCUT2D eigenvalue weighted by Gasteiger charge is 2.62. The molecule has 1 N–H and O–H groups in total. The molecule has 0 bridgehead atoms. The van der Waals surface area contributed by atoms with Crippen molar-refractivity contribution in [3.05, 3.63) is 29.6 Å². The van der Waals surface area contributed by atoms with Gasteiger partial charge in [-0.25, -0.2) is 14.1 Å². The van der Waals surface area contributed by atoms with Crippen molar-refractivity contribution in [2.24, 2.45) is 5.41 Å². The zero-order valence-corrected chi connectivity index (χ0v) is 10.1. The highest BCUT2D eigenvalue weighted by molar-refractivity contribution is 6.31. The Morgan fingerprint density at radius 2 is 2.00 bits per heavy atom. The molecule has 1 aliphatic carbocycles. The third-order valence-electron chi connectivity index (χ3n) is 3.55. The van der Waals surface area contributed by atoms with E-state index in [1.54, 1.807) is 6.07 Å². The summed E-state index contributed by atoms with van der Waals surface area (Å²) in [7, 11) is 0. The Morgan fingerprint density at radius 3 is 2.60 bits per heavy atom. The van der Waals surface area contributed by atoms with Gasteiger partial charge in [0.05, 0.1) is 11.3 Å². The van der Waals surface area contributed by atoms with Crippen LogP contribution < -0.4 is 10.2 Å². The number of nitriles is 1. The normalized spacial score (nSPS) is 19.8. The molecule has 1 aromatic carbocycles. The zero-order chi connectivity index (χ0) is 14.5. The second kappa shape index (κ2) is 3.87. The molecule has 0 aromatic heterocycles. The lowest BCUT2D eigenvalue weighted by Crippen LogP contribution is -2.59. The van der Waals surface area contributed by atoms with E-state index >= 15 is 0 Å². The summed E-state index contributed by atoms with van der Waals surface area (Å²) in [5.41, 5.74) is -1.37. The van der Waals surface area contributed by atoms with Crippen LogP contribution in [0.3, 0.4) is 0 Å². The van der Waals surface area contributed by atoms with Gasteiger partial charge in [0.2, 0.25) is 5.91 Å². The third kappa shape index (κ3) is 1.51. The molecule has 1 aliphatic heterocycles. The third-order valence-corrected chi connectivity index (χ3v) is 3.55. The number of hydrogen-bond donors (Lipinski definition) is 1. The number of carbonyl (C=O) groups is 3. The van der Waals surface area contributed by atoms with Crippen molar-refractivity contribution in [2.45, 2.75) is 12.8 Å². The van der Waals surface area contributed by atoms with Crippen LogP contribution in [0.1, 0.15) is 18.4 Å². The summed E-state index contributed by atoms with van der Waals surface area (Å²) in [6, 6.07) is 4.09. The van der Waals surface area contributed by atoms with E-state index < -0.39 is 29.1 Å². The molecule has 0 unspecified atom stereocenters. The van der Waals surface area contributed by atoms with Gasteiger partial charge in [-0.3, -0.25) is 14.9 Å². The van der Waals surface area contributed by atoms with Gasteiger partial charge in [-0.05, 0) is 31.0 Å². The summed E-state index contributed by atoms with van der Waals surface area (Å²) in [5.74, 6) is -1.95. The number of barbiturate groups is 1. The van der Waals surface area contributed by atoms with Crippen molar-refractivity contribution in [3.8, 4) is 6.07 Å². The second-order valence-corrected chi connectivity index (χ2v) is 4.76. The van der Waals surface area contributed by atoms with Crippen LogP contribution >= 0.6 is 0 Å². The van der Waals surface area contributed by atoms with Gasteiger partial charge in [0.15, 0.2) is 0 Å². The molecule has 7 heteroatoms. The SMILES string of the molecule is N#Cc1cc(N2C(=O)NC(=O)C3(CC3)C2=O)ccc1F. The number of hydrogen-bond acceptors (Lipinski definition) is 4. The van der Waals surface area contributed by atoms with Crippen LogP contribution in [0.4, 0.5) is 14.9 Å². The molecule has 20 heavy (non-hydrogen) atoms. The summed E-state index contributed by atoms with van der Waals surface area (Å²) in [4.78, 5) is 36.5. The first kappa shape index (κ1) is 12.3. The minimum absolute atomic E-state index is 0.0734. The van der Waals surface area contributed by atoms with Crippen LogP contribution in [0.15, 0.2) is 18.2 Å². The van der Waals surface area contributed by atoms with Gasteiger partial charge < -0.3 is 0 Å². The maximum Gasteiger partial charge on any atom is 0.335 e. The smallest absolute Gasteiger partial charge is 0.276 e. The maximum absolute atomic E-state index is 13.3. The minimum atomic E-state index is -1.17. The molecular weight excluding hydrogens is 265 g/mol. The Hall–Kier alpha value is -2.75. The molecule has 0 radical (unpaired) electrons. The van der Waals surface area contributed by atoms with Gasteiger partial charge in [0.1, 0.15) is 17.3 Å². The largest absolute Gasteiger partial charge is 0.335 e. The van der Waals surface area contributed by atoms with Crippen molar-refractivity contribution >= 4 is 23.5 Å². The van der Waals surface area contributed by atoms with Crippen LogP contribution in [0, 0.1) is 22.6 Å². The average molecular weight is 273 g/mol. The number of halogens is 1. The van der Waals surface area contributed by atoms with E-state index in [0.29, 0.717) is 12.8 Å². The summed E-state index contributed by atoms with van der Waals surface area (Å²) in [5, 5.41) is 10.9. The number of anilines is 1. The fourth-order valence-corrected chi connectivity index (χ4v) is 2.21. The van der Waals surface area contributed by atoms with Crippen LogP contribution in [-0.4, -0.2) is 17.8 Å². The Balaban J connectivity index is 2.05. The molecule has 2 fully saturated rings. The number of amides is 4. The average Bonchev–Trinajstić information content (AvgIpc) is 3.20. The highest BCUT2D eigenvalue weighted by atomic mass is 19.1. The van der Waals surface area contributed by atoms with Crippen molar-refractivity contribution in [2.75, 3.05) is 4.90 Å². The number of imide groups is 2. The molecule has 1 saturated heterocycles. The van der Waals surface area contributed by atoms with E-state index in [1.165, 1.54) is 6.07 Å². The van der Waals surface area contributed by atoms with Gasteiger partial charge in [0.25, 0.3) is 5.91 Å². The molecule has 1 heterocycles. The molecule has 3 rings (SSSR count). The van der Waals surface area contributed by atoms with Gasteiger partial charge in [-0.1, -0.05) is 0 Å². The quantitative estimate of drug-likeness (QED) is 0.774. The predicted molar refractivity (Wildman–Crippen MR) is 63.8 cm³/mol. The Labute approximate surface area is 112 Å². The van der Waals surface area contributed by atoms with Crippen molar-refractivity contribution in [1.82, 2.24) is 5.32 Å². The fraction of sp³-hybridized carbons (Fsp3) is 0.231. The van der Waals surface area contributed by atoms with E-state index in [4.69, 9.17) is 5.26 Å². The first-order valence-electron chi connectivity index (χ1n) is 5.89. The molecular formula is C13H8FN3O3. The van der Waals surface area contributed by atoms with Crippen LogP contribution in [0.2, 0.25) is 0 Å². The fourth-order valence-electron chi connectivity index (χ4n) is 2.21. The molecule has 1 spiro atoms. The van der Waals surface area contributed by atoms with Gasteiger partial charge in [0, 0.05) is 0 Å². The monoisotopic (exact) mass is 273 g/mol. The van der Waals surface area contributed by atoms with Crippen LogP contribution in [0.25, 0.3) is 0 Å². The molecule has 4 amide bonds. The molecule has 1 aromatic rings. The molecule has 0 atom stereocenters. The van der Waals surface area contributed by atoms with E-state index in [0.717, 1.165) is 17.0 Å². The number of benzene rings is 1. The summed E-state index contributed by atoms with van der Waals surface area (Å²) >= 11 is 0. The summed E-state index contributed by atoms with van der Waals surface area (Å²) in [6.07, 6.45) is 0.765. The zero-order valence-electron chi connectivity index (χ0n) is 10.1. The predicted octanol–water partition coefficient (Wildman–Crippen LogP) is 1.06. The van der Waals surface area contributed by atoms with E-state index in [-0.39, 0.29) is 11.3 Å². The lowest BCUT2D eigenvalue weighted by atomic mass is 10.0. The number of nitrogens with zero attached hydrogens (tertiary/aromatic N) is 2. The van der Waals surface area contributed by atoms with Crippen molar-refractivity contribution in [3.63, 3.8) is 0 Å². The Morgan fingerprint density at radius 1 is 1.30 bits per heavy atom. The Bertz CT molecular complexity index is 703. The number of urea groups is 1. The highest BCUT2D eigenvalue weighted by Crippen LogP contribution is 2.49. The van der Waals surface area contributed by atoms with Crippen molar-refractivity contribution < 1.29 is 18.8 Å². The van der Waals surface area contributed by atoms with Crippen LogP contribution in [0.5, 0.6) is 0 Å². The first-order chi connectivity index (χ1) is 9.49. The lowest BCUT2D eigenvalue weighted by Gasteiger charge is -2.30. The van der Waals surface area contributed by atoms with E-state index in [2.05, 4.69) is 5.32 Å². The summed E-state index contributed by atoms with van der Waals surface area (Å²) < 4.78 is 13.3. The first-order valence-corrected chi connectivity index (χ1v) is 5.89. The molecule has 1 saturated carbocycles. The van der Waals surface area contributed by atoms with Gasteiger partial charge in [-0.15, -0.1) is 0 Å². The molecule has 2 aliphatic rings. The van der Waals surface area contributed by atoms with Crippen LogP contribution in [-0.2, 0) is 9.59 Å². The maximum atomic E-state index is 13.3. The van der Waals surface area contributed by atoms with E-state index in [9.17, 15) is 18.8 Å². The van der Waals surface area contributed by atoms with Gasteiger partial charge in [-0.2, -0.15) is 5.26 Å². The summed E-state index contributed by atoms with van der Waals surface area (Å²) in [6.45, 7) is 0. The minimum Gasteiger partial charge on any atom is -0.276 e. The standard InChI is InChI=1S/C13H8FN3O3/c14-9-2-1-8(5-7(9)6-15)17-11(19)13(3-4-13)10(18)16-12(17)20/h1-2,5H,3-4H2,(H,16,18,20). The number of carbonyl (C=O) groups excluding carboxylic acids is 3.